The number of hydrogen-bond donors (Lipinski definition) is 1. The van der Waals surface area contributed by atoms with Crippen LogP contribution in [-0.2, 0) is 14.3 Å². The van der Waals surface area contributed by atoms with Crippen molar-refractivity contribution in [3.05, 3.63) is 29.8 Å². The molecule has 5 heteroatoms. The third-order valence-corrected chi connectivity index (χ3v) is 2.14. The summed E-state index contributed by atoms with van der Waals surface area (Å²) in [6.07, 6.45) is 0.242. The van der Waals surface area contributed by atoms with Crippen molar-refractivity contribution in [2.24, 2.45) is 0 Å². The molecule has 0 spiro atoms. The number of methoxy groups -OCH3 is 2. The standard InChI is InChI=1S/C12H15NO4/c1-16-8-7-11(14)13-10-6-4-3-5-9(10)12(15)17-2/h3-6H,7-8H2,1-2H3,(H,13,14). The van der Waals surface area contributed by atoms with Gasteiger partial charge in [0.15, 0.2) is 0 Å². The monoisotopic (exact) mass is 237 g/mol. The molecule has 0 saturated carbocycles. The molecule has 1 amide bonds. The lowest BCUT2D eigenvalue weighted by molar-refractivity contribution is -0.117. The highest BCUT2D eigenvalue weighted by atomic mass is 16.5. The zero-order chi connectivity index (χ0) is 12.7. The van der Waals surface area contributed by atoms with Crippen molar-refractivity contribution in [1.82, 2.24) is 0 Å². The Morgan fingerprint density at radius 2 is 1.94 bits per heavy atom. The summed E-state index contributed by atoms with van der Waals surface area (Å²) in [6, 6.07) is 6.68. The first-order valence-electron chi connectivity index (χ1n) is 5.15. The Bertz CT molecular complexity index is 403. The summed E-state index contributed by atoms with van der Waals surface area (Å²) in [5.74, 6) is -0.684. The van der Waals surface area contributed by atoms with Crippen molar-refractivity contribution in [2.75, 3.05) is 26.1 Å². The van der Waals surface area contributed by atoms with Gasteiger partial charge in [-0.05, 0) is 12.1 Å². The summed E-state index contributed by atoms with van der Waals surface area (Å²) < 4.78 is 9.42. The minimum absolute atomic E-state index is 0.205. The number of esters is 1. The SMILES string of the molecule is COCCC(=O)Nc1ccccc1C(=O)OC. The lowest BCUT2D eigenvalue weighted by Crippen LogP contribution is -2.16. The van der Waals surface area contributed by atoms with Gasteiger partial charge in [0.05, 0.1) is 31.4 Å². The number of nitrogens with one attached hydrogen (secondary N) is 1. The normalized spacial score (nSPS) is 9.76. The molecule has 1 aromatic rings. The highest BCUT2D eigenvalue weighted by Gasteiger charge is 2.12. The highest BCUT2D eigenvalue weighted by molar-refractivity contribution is 6.01. The van der Waals surface area contributed by atoms with E-state index in [0.29, 0.717) is 17.9 Å². The van der Waals surface area contributed by atoms with E-state index in [0.717, 1.165) is 0 Å². The minimum atomic E-state index is -0.479. The molecule has 1 rings (SSSR count). The van der Waals surface area contributed by atoms with E-state index in [1.165, 1.54) is 14.2 Å². The maximum Gasteiger partial charge on any atom is 0.339 e. The summed E-state index contributed by atoms with van der Waals surface area (Å²) in [5, 5.41) is 2.64. The van der Waals surface area contributed by atoms with Crippen molar-refractivity contribution in [3.8, 4) is 0 Å². The van der Waals surface area contributed by atoms with E-state index < -0.39 is 5.97 Å². The Kier molecular flexibility index (Phi) is 5.16. The summed E-state index contributed by atoms with van der Waals surface area (Å²) >= 11 is 0. The van der Waals surface area contributed by atoms with Gasteiger partial charge in [0.2, 0.25) is 5.91 Å². The molecule has 0 aliphatic carbocycles. The van der Waals surface area contributed by atoms with Gasteiger partial charge in [0, 0.05) is 7.11 Å². The number of anilines is 1. The molecule has 0 bridgehead atoms. The molecule has 0 aliphatic heterocycles. The van der Waals surface area contributed by atoms with Crippen LogP contribution in [0, 0.1) is 0 Å². The fourth-order valence-electron chi connectivity index (χ4n) is 1.29. The van der Waals surface area contributed by atoms with Gasteiger partial charge < -0.3 is 14.8 Å². The van der Waals surface area contributed by atoms with Crippen LogP contribution >= 0.6 is 0 Å². The molecule has 92 valence electrons. The van der Waals surface area contributed by atoms with Crippen LogP contribution in [0.25, 0.3) is 0 Å². The topological polar surface area (TPSA) is 64.6 Å². The predicted molar refractivity (Wildman–Crippen MR) is 62.9 cm³/mol. The number of amides is 1. The second-order valence-corrected chi connectivity index (χ2v) is 3.33. The van der Waals surface area contributed by atoms with Gasteiger partial charge in [0.25, 0.3) is 0 Å². The van der Waals surface area contributed by atoms with Gasteiger partial charge in [-0.1, -0.05) is 12.1 Å². The molecule has 0 unspecified atom stereocenters. The Hall–Kier alpha value is -1.88. The highest BCUT2D eigenvalue weighted by Crippen LogP contribution is 2.16. The number of rotatable bonds is 5. The summed E-state index contributed by atoms with van der Waals surface area (Å²) in [4.78, 5) is 22.9. The van der Waals surface area contributed by atoms with Crippen LogP contribution in [-0.4, -0.2) is 32.7 Å². The van der Waals surface area contributed by atoms with Gasteiger partial charge in [-0.2, -0.15) is 0 Å². The molecule has 17 heavy (non-hydrogen) atoms. The molecule has 0 saturated heterocycles. The van der Waals surface area contributed by atoms with Crippen LogP contribution in [0.3, 0.4) is 0 Å². The van der Waals surface area contributed by atoms with Crippen molar-refractivity contribution < 1.29 is 19.1 Å². The van der Waals surface area contributed by atoms with E-state index in [1.807, 2.05) is 0 Å². The van der Waals surface area contributed by atoms with Crippen molar-refractivity contribution in [3.63, 3.8) is 0 Å². The fraction of sp³-hybridized carbons (Fsp3) is 0.333. The van der Waals surface area contributed by atoms with Crippen molar-refractivity contribution in [1.29, 1.82) is 0 Å². The average Bonchev–Trinajstić information content (AvgIpc) is 2.36. The number of carbonyl (C=O) groups excluding carboxylic acids is 2. The molecule has 0 heterocycles. The number of ether oxygens (including phenoxy) is 2. The molecule has 1 aromatic carbocycles. The van der Waals surface area contributed by atoms with Crippen LogP contribution in [0.4, 0.5) is 5.69 Å². The first-order chi connectivity index (χ1) is 8.19. The zero-order valence-electron chi connectivity index (χ0n) is 9.86. The zero-order valence-corrected chi connectivity index (χ0v) is 9.86. The number of benzene rings is 1. The number of hydrogen-bond acceptors (Lipinski definition) is 4. The Morgan fingerprint density at radius 1 is 1.24 bits per heavy atom. The quantitative estimate of drug-likeness (QED) is 0.787. The van der Waals surface area contributed by atoms with Gasteiger partial charge in [-0.25, -0.2) is 4.79 Å². The molecule has 0 aromatic heterocycles. The van der Waals surface area contributed by atoms with E-state index in [-0.39, 0.29) is 12.3 Å². The molecule has 1 N–H and O–H groups in total. The van der Waals surface area contributed by atoms with Gasteiger partial charge in [0.1, 0.15) is 0 Å². The van der Waals surface area contributed by atoms with Crippen molar-refractivity contribution >= 4 is 17.6 Å². The second kappa shape index (κ2) is 6.65. The largest absolute Gasteiger partial charge is 0.465 e. The second-order valence-electron chi connectivity index (χ2n) is 3.33. The van der Waals surface area contributed by atoms with Crippen LogP contribution < -0.4 is 5.32 Å². The van der Waals surface area contributed by atoms with Gasteiger partial charge >= 0.3 is 5.97 Å². The maximum absolute atomic E-state index is 11.5. The number of para-hydroxylation sites is 1. The van der Waals surface area contributed by atoms with E-state index in [2.05, 4.69) is 10.1 Å². The molecular weight excluding hydrogens is 222 g/mol. The first kappa shape index (κ1) is 13.2. The van der Waals surface area contributed by atoms with E-state index in [9.17, 15) is 9.59 Å². The van der Waals surface area contributed by atoms with Crippen LogP contribution in [0.5, 0.6) is 0 Å². The first-order valence-corrected chi connectivity index (χ1v) is 5.15. The van der Waals surface area contributed by atoms with Gasteiger partial charge in [-0.15, -0.1) is 0 Å². The van der Waals surface area contributed by atoms with Crippen LogP contribution in [0.2, 0.25) is 0 Å². The van der Waals surface area contributed by atoms with Crippen LogP contribution in [0.1, 0.15) is 16.8 Å². The Morgan fingerprint density at radius 3 is 2.59 bits per heavy atom. The third-order valence-electron chi connectivity index (χ3n) is 2.14. The molecule has 0 aliphatic rings. The molecule has 0 atom stereocenters. The summed E-state index contributed by atoms with van der Waals surface area (Å²) in [5.41, 5.74) is 0.779. The summed E-state index contributed by atoms with van der Waals surface area (Å²) in [7, 11) is 2.82. The fourth-order valence-corrected chi connectivity index (χ4v) is 1.29. The summed E-state index contributed by atoms with van der Waals surface area (Å²) in [6.45, 7) is 0.340. The average molecular weight is 237 g/mol. The Labute approximate surface area is 99.7 Å². The molecule has 5 nitrogen and oxygen atoms in total. The minimum Gasteiger partial charge on any atom is -0.465 e. The maximum atomic E-state index is 11.5. The van der Waals surface area contributed by atoms with E-state index >= 15 is 0 Å². The molecule has 0 radical (unpaired) electrons. The van der Waals surface area contributed by atoms with Crippen LogP contribution in [0.15, 0.2) is 24.3 Å². The smallest absolute Gasteiger partial charge is 0.339 e. The van der Waals surface area contributed by atoms with Gasteiger partial charge in [-0.3, -0.25) is 4.79 Å². The number of carbonyl (C=O) groups is 2. The lowest BCUT2D eigenvalue weighted by atomic mass is 10.2. The van der Waals surface area contributed by atoms with E-state index in [4.69, 9.17) is 4.74 Å². The third kappa shape index (κ3) is 3.88. The molecular formula is C12H15NO4. The van der Waals surface area contributed by atoms with Crippen molar-refractivity contribution in [2.45, 2.75) is 6.42 Å². The molecule has 0 fully saturated rings. The lowest BCUT2D eigenvalue weighted by Gasteiger charge is -2.09. The Balaban J connectivity index is 2.76. The van der Waals surface area contributed by atoms with E-state index in [1.54, 1.807) is 24.3 Å². The predicted octanol–water partition coefficient (Wildman–Crippen LogP) is 1.45.